The Morgan fingerprint density at radius 3 is 2.73 bits per heavy atom. The van der Waals surface area contributed by atoms with Crippen molar-refractivity contribution in [2.45, 2.75) is 31.6 Å². The Balaban J connectivity index is 1.54. The molecule has 1 aliphatic rings. The van der Waals surface area contributed by atoms with Crippen LogP contribution in [0.25, 0.3) is 0 Å². The van der Waals surface area contributed by atoms with Crippen LogP contribution in [-0.2, 0) is 19.6 Å². The minimum absolute atomic E-state index is 0.0188. The highest BCUT2D eigenvalue weighted by atomic mass is 35.5. The van der Waals surface area contributed by atoms with Crippen molar-refractivity contribution in [1.29, 1.82) is 0 Å². The molecule has 8 nitrogen and oxygen atoms in total. The van der Waals surface area contributed by atoms with Gasteiger partial charge in [-0.25, -0.2) is 8.42 Å². The minimum Gasteiger partial charge on any atom is -0.488 e. The van der Waals surface area contributed by atoms with Gasteiger partial charge in [0.15, 0.2) is 5.76 Å². The zero-order valence-corrected chi connectivity index (χ0v) is 18.9. The van der Waals surface area contributed by atoms with Crippen molar-refractivity contribution in [2.24, 2.45) is 5.92 Å². The van der Waals surface area contributed by atoms with Gasteiger partial charge >= 0.3 is 5.97 Å². The number of rotatable bonds is 7. The van der Waals surface area contributed by atoms with Gasteiger partial charge in [-0.05, 0) is 44.9 Å². The highest BCUT2D eigenvalue weighted by Gasteiger charge is 2.37. The summed E-state index contributed by atoms with van der Waals surface area (Å²) in [7, 11) is -3.80. The smallest absolute Gasteiger partial charge is 0.310 e. The zero-order valence-electron chi connectivity index (χ0n) is 16.6. The van der Waals surface area contributed by atoms with Crippen LogP contribution in [0.15, 0.2) is 27.6 Å². The molecule has 164 valence electrons. The third-order valence-electron chi connectivity index (χ3n) is 4.76. The van der Waals surface area contributed by atoms with E-state index in [2.05, 4.69) is 5.16 Å². The lowest BCUT2D eigenvalue weighted by molar-refractivity contribution is -0.150. The number of aromatic nitrogens is 1. The number of halogens is 2. The van der Waals surface area contributed by atoms with E-state index >= 15 is 0 Å². The van der Waals surface area contributed by atoms with E-state index in [0.717, 1.165) is 0 Å². The van der Waals surface area contributed by atoms with Crippen LogP contribution in [0, 0.1) is 19.8 Å². The monoisotopic (exact) mass is 476 g/mol. The minimum atomic E-state index is -3.80. The normalized spacial score (nSPS) is 17.7. The largest absolute Gasteiger partial charge is 0.488 e. The highest BCUT2D eigenvalue weighted by molar-refractivity contribution is 7.89. The van der Waals surface area contributed by atoms with Gasteiger partial charge in [-0.1, -0.05) is 28.4 Å². The molecule has 1 saturated heterocycles. The molecule has 0 saturated carbocycles. The van der Waals surface area contributed by atoms with Gasteiger partial charge in [0.25, 0.3) is 0 Å². The molecule has 3 rings (SSSR count). The maximum absolute atomic E-state index is 13.0. The van der Waals surface area contributed by atoms with Gasteiger partial charge in [-0.3, -0.25) is 4.79 Å². The van der Waals surface area contributed by atoms with Crippen LogP contribution in [0.3, 0.4) is 0 Å². The summed E-state index contributed by atoms with van der Waals surface area (Å²) in [4.78, 5) is 12.5. The highest BCUT2D eigenvalue weighted by Crippen LogP contribution is 2.29. The van der Waals surface area contributed by atoms with E-state index in [1.165, 1.54) is 4.31 Å². The van der Waals surface area contributed by atoms with Crippen molar-refractivity contribution in [3.63, 3.8) is 0 Å². The van der Waals surface area contributed by atoms with Crippen LogP contribution in [0.5, 0.6) is 5.75 Å². The molecule has 1 unspecified atom stereocenters. The second-order valence-electron chi connectivity index (χ2n) is 6.95. The van der Waals surface area contributed by atoms with E-state index in [1.807, 2.05) is 0 Å². The summed E-state index contributed by atoms with van der Waals surface area (Å²) >= 11 is 11.9. The number of benzene rings is 1. The Hall–Kier alpha value is -1.81. The number of nitrogens with zero attached hydrogens (tertiary/aromatic N) is 2. The van der Waals surface area contributed by atoms with Gasteiger partial charge in [0, 0.05) is 18.1 Å². The molecule has 11 heteroatoms. The predicted molar refractivity (Wildman–Crippen MR) is 110 cm³/mol. The molecule has 1 atom stereocenters. The van der Waals surface area contributed by atoms with Crippen molar-refractivity contribution in [3.8, 4) is 5.75 Å². The number of hydrogen-bond donors (Lipinski definition) is 0. The third kappa shape index (κ3) is 5.08. The number of carbonyl (C=O) groups excluding carboxylic acids is 1. The summed E-state index contributed by atoms with van der Waals surface area (Å²) in [5.74, 6) is -0.339. The first kappa shape index (κ1) is 22.9. The van der Waals surface area contributed by atoms with E-state index in [9.17, 15) is 13.2 Å². The van der Waals surface area contributed by atoms with Crippen molar-refractivity contribution in [1.82, 2.24) is 9.46 Å². The van der Waals surface area contributed by atoms with Crippen LogP contribution in [0.4, 0.5) is 0 Å². The summed E-state index contributed by atoms with van der Waals surface area (Å²) < 4.78 is 43.0. The Bertz CT molecular complexity index is 1000. The first-order valence-corrected chi connectivity index (χ1v) is 11.6. The number of ether oxygens (including phenoxy) is 2. The van der Waals surface area contributed by atoms with Gasteiger partial charge in [0.1, 0.15) is 29.6 Å². The topological polar surface area (TPSA) is 98.9 Å². The van der Waals surface area contributed by atoms with Crippen LogP contribution in [0.1, 0.15) is 24.3 Å². The molecule has 0 N–H and O–H groups in total. The average molecular weight is 477 g/mol. The Morgan fingerprint density at radius 2 is 2.07 bits per heavy atom. The van der Waals surface area contributed by atoms with E-state index in [0.29, 0.717) is 40.9 Å². The molecule has 30 heavy (non-hydrogen) atoms. The predicted octanol–water partition coefficient (Wildman–Crippen LogP) is 3.62. The molecule has 2 heterocycles. The summed E-state index contributed by atoms with van der Waals surface area (Å²) in [5.41, 5.74) is 0.301. The number of esters is 1. The lowest BCUT2D eigenvalue weighted by Gasteiger charge is -2.30. The molecule has 0 bridgehead atoms. The number of hydrogen-bond acceptors (Lipinski definition) is 7. The van der Waals surface area contributed by atoms with E-state index in [4.69, 9.17) is 37.2 Å². The van der Waals surface area contributed by atoms with Crippen LogP contribution >= 0.6 is 23.2 Å². The standard InChI is InChI=1S/C19H22Cl2N2O6S/c1-12-18(13(2)29-22-12)30(25,26)23-7-3-4-14(11-23)19(24)28-9-8-27-17-6-5-15(20)10-16(17)21/h5-6,10,14H,3-4,7-9,11H2,1-2H3. The van der Waals surface area contributed by atoms with Gasteiger partial charge < -0.3 is 14.0 Å². The van der Waals surface area contributed by atoms with Crippen LogP contribution in [-0.4, -0.2) is 50.2 Å². The van der Waals surface area contributed by atoms with Crippen LogP contribution in [0.2, 0.25) is 10.0 Å². The number of aryl methyl sites for hydroxylation is 2. The molecule has 0 spiro atoms. The first-order chi connectivity index (χ1) is 14.2. The van der Waals surface area contributed by atoms with E-state index < -0.39 is 21.9 Å². The van der Waals surface area contributed by atoms with Crippen LogP contribution < -0.4 is 4.74 Å². The fraction of sp³-hybridized carbons (Fsp3) is 0.474. The summed E-state index contributed by atoms with van der Waals surface area (Å²) in [6.45, 7) is 3.64. The lowest BCUT2D eigenvalue weighted by atomic mass is 10.0. The summed E-state index contributed by atoms with van der Waals surface area (Å²) in [6, 6.07) is 4.83. The molecular weight excluding hydrogens is 455 g/mol. The third-order valence-corrected chi connectivity index (χ3v) is 7.40. The van der Waals surface area contributed by atoms with E-state index in [1.54, 1.807) is 32.0 Å². The summed E-state index contributed by atoms with van der Waals surface area (Å²) in [6.07, 6.45) is 1.11. The van der Waals surface area contributed by atoms with Crippen molar-refractivity contribution in [2.75, 3.05) is 26.3 Å². The Morgan fingerprint density at radius 1 is 1.30 bits per heavy atom. The molecule has 0 aliphatic carbocycles. The second-order valence-corrected chi connectivity index (χ2v) is 9.66. The SMILES string of the molecule is Cc1noc(C)c1S(=O)(=O)N1CCCC(C(=O)OCCOc2ccc(Cl)cc2Cl)C1. The molecule has 1 aromatic heterocycles. The lowest BCUT2D eigenvalue weighted by Crippen LogP contribution is -2.43. The molecule has 1 aliphatic heterocycles. The Kier molecular flexibility index (Phi) is 7.28. The number of sulfonamides is 1. The fourth-order valence-electron chi connectivity index (χ4n) is 3.33. The first-order valence-electron chi connectivity index (χ1n) is 9.37. The molecule has 0 radical (unpaired) electrons. The molecule has 2 aromatic rings. The van der Waals surface area contributed by atoms with Gasteiger partial charge in [0.05, 0.1) is 10.9 Å². The maximum atomic E-state index is 13.0. The number of carbonyl (C=O) groups is 1. The fourth-order valence-corrected chi connectivity index (χ4v) is 5.61. The van der Waals surface area contributed by atoms with Gasteiger partial charge in [-0.2, -0.15) is 4.31 Å². The Labute approximate surface area is 185 Å². The quantitative estimate of drug-likeness (QED) is 0.444. The number of piperidine rings is 1. The second kappa shape index (κ2) is 9.55. The molecule has 0 amide bonds. The molecule has 1 aromatic carbocycles. The average Bonchev–Trinajstić information content (AvgIpc) is 3.05. The molecule has 1 fully saturated rings. The van der Waals surface area contributed by atoms with E-state index in [-0.39, 0.29) is 30.4 Å². The van der Waals surface area contributed by atoms with Gasteiger partial charge in [-0.15, -0.1) is 0 Å². The zero-order chi connectivity index (χ0) is 21.9. The van der Waals surface area contributed by atoms with Crippen molar-refractivity contribution in [3.05, 3.63) is 39.7 Å². The van der Waals surface area contributed by atoms with Gasteiger partial charge in [0.2, 0.25) is 10.0 Å². The summed E-state index contributed by atoms with van der Waals surface area (Å²) in [5, 5.41) is 4.57. The van der Waals surface area contributed by atoms with Crippen molar-refractivity contribution < 1.29 is 27.2 Å². The van der Waals surface area contributed by atoms with Crippen molar-refractivity contribution >= 4 is 39.2 Å². The molecular formula is C19H22Cl2N2O6S. The maximum Gasteiger partial charge on any atom is 0.310 e.